The van der Waals surface area contributed by atoms with E-state index in [0.717, 1.165) is 89.4 Å². The van der Waals surface area contributed by atoms with Gasteiger partial charge >= 0.3 is 19.5 Å². The van der Waals surface area contributed by atoms with Gasteiger partial charge in [-0.3, -0.25) is 0 Å². The zero-order valence-corrected chi connectivity index (χ0v) is 38.2. The van der Waals surface area contributed by atoms with E-state index in [1.54, 1.807) is 0 Å². The molecule has 0 saturated carbocycles. The molecular weight excluding hydrogens is 906 g/mol. The molecule has 0 N–H and O–H groups in total. The predicted molar refractivity (Wildman–Crippen MR) is 226 cm³/mol. The van der Waals surface area contributed by atoms with Crippen molar-refractivity contribution in [2.75, 3.05) is 0 Å². The van der Waals surface area contributed by atoms with Gasteiger partial charge in [-0.1, -0.05) is 128 Å². The van der Waals surface area contributed by atoms with Gasteiger partial charge in [-0.15, -0.1) is 34.2 Å². The average Bonchev–Trinajstić information content (AvgIpc) is 4.02. The second-order valence-electron chi connectivity index (χ2n) is 14.5. The first kappa shape index (κ1) is 38.9. The predicted octanol–water partition coefficient (Wildman–Crippen LogP) is 12.5. The van der Waals surface area contributed by atoms with Crippen molar-refractivity contribution in [2.24, 2.45) is 0 Å². The van der Waals surface area contributed by atoms with E-state index in [1.165, 1.54) is 28.2 Å². The summed E-state index contributed by atoms with van der Waals surface area (Å²) >= 11 is 0. The van der Waals surface area contributed by atoms with Crippen LogP contribution in [0.1, 0.15) is 58.9 Å². The summed E-state index contributed by atoms with van der Waals surface area (Å²) in [4.78, 5) is 21.6. The Bertz CT molecular complexity index is 2740. The topological polar surface area (TPSA) is 54.0 Å². The molecule has 0 saturated heterocycles. The monoisotopic (exact) mass is 943 g/mol. The maximum Gasteiger partial charge on any atom is 2.00 e. The molecule has 0 atom stereocenters. The van der Waals surface area contributed by atoms with Gasteiger partial charge in [0.15, 0.2) is 0 Å². The van der Waals surface area contributed by atoms with Crippen LogP contribution in [0.3, 0.4) is 0 Å². The zero-order chi connectivity index (χ0) is 36.9. The van der Waals surface area contributed by atoms with Crippen LogP contribution in [-0.4, -0.2) is 9.97 Å². The third-order valence-corrected chi connectivity index (χ3v) is 10.4. The molecule has 3 aromatic heterocycles. The minimum atomic E-state index is 0. The molecule has 5 heterocycles. The Balaban J connectivity index is 0.00000240. The molecule has 0 fully saturated rings. The fraction of sp³-hybridized carbons (Fsp3) is 0.100. The fourth-order valence-corrected chi connectivity index (χ4v) is 7.40. The first-order valence-corrected chi connectivity index (χ1v) is 18.5. The van der Waals surface area contributed by atoms with E-state index in [4.69, 9.17) is 19.9 Å². The van der Waals surface area contributed by atoms with Gasteiger partial charge in [0, 0.05) is 21.1 Å². The van der Waals surface area contributed by atoms with E-state index in [9.17, 15) is 0 Å². The maximum absolute atomic E-state index is 5.40. The van der Waals surface area contributed by atoms with Crippen LogP contribution in [0.25, 0.3) is 90.9 Å². The molecule has 0 radical (unpaired) electrons. The van der Waals surface area contributed by atoms with Gasteiger partial charge in [-0.25, -0.2) is 9.97 Å². The van der Waals surface area contributed by atoms with Crippen LogP contribution >= 0.6 is 0 Å². The van der Waals surface area contributed by atoms with Crippen LogP contribution in [0.5, 0.6) is 0 Å². The summed E-state index contributed by atoms with van der Waals surface area (Å²) < 4.78 is 0. The van der Waals surface area contributed by atoms with E-state index in [-0.39, 0.29) is 40.5 Å². The zero-order valence-electron chi connectivity index (χ0n) is 32.3. The smallest absolute Gasteiger partial charge is 0.657 e. The summed E-state index contributed by atoms with van der Waals surface area (Å²) in [5.74, 6) is 1.27. The molecule has 0 unspecified atom stereocenters. The van der Waals surface area contributed by atoms with Crippen LogP contribution in [0, 0.1) is 26.7 Å². The van der Waals surface area contributed by atoms with Crippen molar-refractivity contribution in [1.82, 2.24) is 19.9 Å². The van der Waals surface area contributed by atoms with Crippen LogP contribution < -0.4 is 9.97 Å². The van der Waals surface area contributed by atoms with Gasteiger partial charge in [0.2, 0.25) is 0 Å². The van der Waals surface area contributed by atoms with Crippen molar-refractivity contribution < 1.29 is 40.5 Å². The number of hydrogen-bond acceptors (Lipinski definition) is 2. The summed E-state index contributed by atoms with van der Waals surface area (Å²) in [5, 5.41) is 0. The number of aryl methyl sites for hydroxylation is 3. The molecule has 8 bridgehead atoms. The molecule has 7 aromatic rings. The molecule has 2 aliphatic heterocycles. The Labute approximate surface area is 355 Å². The van der Waals surface area contributed by atoms with Crippen molar-refractivity contribution in [3.63, 3.8) is 0 Å². The molecule has 2 aliphatic rings. The third kappa shape index (κ3) is 7.35. The fourth-order valence-electron chi connectivity index (χ4n) is 7.40. The van der Waals surface area contributed by atoms with E-state index in [2.05, 4.69) is 180 Å². The largest absolute Gasteiger partial charge is 2.00 e. The molecule has 0 amide bonds. The molecule has 56 heavy (non-hydrogen) atoms. The van der Waals surface area contributed by atoms with Crippen LogP contribution in [0.4, 0.5) is 0 Å². The summed E-state index contributed by atoms with van der Waals surface area (Å²) in [6.45, 7) is 10.6. The molecular formula is C50H39N4WZn-. The van der Waals surface area contributed by atoms with E-state index in [0.29, 0.717) is 0 Å². The average molecular weight is 945 g/mol. The first-order chi connectivity index (χ1) is 26.3. The van der Waals surface area contributed by atoms with Crippen molar-refractivity contribution in [3.8, 4) is 44.5 Å². The number of aromatic nitrogens is 4. The van der Waals surface area contributed by atoms with E-state index in [1.807, 2.05) is 0 Å². The summed E-state index contributed by atoms with van der Waals surface area (Å²) in [7, 11) is 0. The van der Waals surface area contributed by atoms with Crippen molar-refractivity contribution in [2.45, 2.75) is 34.6 Å². The molecule has 4 aromatic carbocycles. The quantitative estimate of drug-likeness (QED) is 0.127. The Morgan fingerprint density at radius 1 is 0.375 bits per heavy atom. The molecule has 9 rings (SSSR count). The van der Waals surface area contributed by atoms with Crippen molar-refractivity contribution in [1.29, 1.82) is 0 Å². The second-order valence-corrected chi connectivity index (χ2v) is 14.5. The van der Waals surface area contributed by atoms with Crippen molar-refractivity contribution >= 4 is 46.4 Å². The number of benzene rings is 4. The van der Waals surface area contributed by atoms with Gasteiger partial charge in [0.1, 0.15) is 0 Å². The van der Waals surface area contributed by atoms with Gasteiger partial charge in [0.25, 0.3) is 0 Å². The minimum Gasteiger partial charge on any atom is -0.657 e. The number of nitrogens with zero attached hydrogens (tertiary/aromatic N) is 4. The Hall–Kier alpha value is -5.34. The minimum absolute atomic E-state index is 0. The Morgan fingerprint density at radius 2 is 0.625 bits per heavy atom. The second kappa shape index (κ2) is 16.0. The number of fused-ring (bicyclic) bond motifs is 8. The van der Waals surface area contributed by atoms with Crippen molar-refractivity contribution in [3.05, 3.63) is 172 Å². The summed E-state index contributed by atoms with van der Waals surface area (Å²) in [6, 6.07) is 43.1. The molecule has 6 heteroatoms. The molecule has 0 spiro atoms. The standard InChI is InChI=1S/C50H39N4.W.Zn/c1-30(2)34-18-20-38(21-19-34)50-45-28-26-43(53-45)48(36-14-8-32(4)9-15-36)41-24-22-39(51-41)47(35-12-6-31(3)7-13-35)40-23-25-42(52-40)49(44-27-29-46(50)54-44)37-16-10-33(5)11-17-37;;/h6-29H,1-5H3;;/q-3;;+2. The maximum atomic E-state index is 5.40. The van der Waals surface area contributed by atoms with Crippen LogP contribution in [0.15, 0.2) is 121 Å². The normalized spacial score (nSPS) is 11.6. The SMILES string of the molecule is Cc1ccc(-c2c3nc(c(-c4ccc(C)cc4)c4ccc([n-]4)c(-c4ccc([C-](C)C)cc4)c4nc(c(-c5ccc(C)cc5)c5ccc2[n-]5)C=C4)C=C3)cc1.[W].[Zn+2]. The van der Waals surface area contributed by atoms with E-state index >= 15 is 0 Å². The third-order valence-electron chi connectivity index (χ3n) is 10.4. The van der Waals surface area contributed by atoms with E-state index < -0.39 is 0 Å². The number of rotatable bonds is 5. The first-order valence-electron chi connectivity index (χ1n) is 18.5. The van der Waals surface area contributed by atoms with Gasteiger partial charge in [-0.2, -0.15) is 23.6 Å². The molecule has 0 aliphatic carbocycles. The van der Waals surface area contributed by atoms with Crippen LogP contribution in [0.2, 0.25) is 0 Å². The molecule has 4 nitrogen and oxygen atoms in total. The molecule has 268 valence electrons. The van der Waals surface area contributed by atoms with Gasteiger partial charge in [0.05, 0.1) is 22.8 Å². The summed E-state index contributed by atoms with van der Waals surface area (Å²) in [5.41, 5.74) is 19.9. The Kier molecular flexibility index (Phi) is 11.1. The number of hydrogen-bond donors (Lipinski definition) is 0. The summed E-state index contributed by atoms with van der Waals surface area (Å²) in [6.07, 6.45) is 8.49. The van der Waals surface area contributed by atoms with Gasteiger partial charge in [-0.05, 0) is 89.6 Å². The van der Waals surface area contributed by atoms with Gasteiger partial charge < -0.3 is 9.97 Å². The van der Waals surface area contributed by atoms with Crippen LogP contribution in [-0.2, 0) is 40.5 Å². The Morgan fingerprint density at radius 3 is 0.875 bits per heavy atom.